The molecule has 2 aliphatic heterocycles. The van der Waals surface area contributed by atoms with Crippen molar-refractivity contribution in [1.29, 1.82) is 0 Å². The molecule has 2 aromatic heterocycles. The van der Waals surface area contributed by atoms with Gasteiger partial charge >= 0.3 is 6.01 Å². The van der Waals surface area contributed by atoms with E-state index in [2.05, 4.69) is 47.5 Å². The Kier molecular flexibility index (Phi) is 12.0. The lowest BCUT2D eigenvalue weighted by atomic mass is 9.90. The summed E-state index contributed by atoms with van der Waals surface area (Å²) >= 11 is 6.65. The number of benzene rings is 2. The molecule has 2 aliphatic rings. The topological polar surface area (TPSA) is 87.2 Å². The number of ether oxygens (including phenoxy) is 2. The average molecular weight is 718 g/mol. The summed E-state index contributed by atoms with van der Waals surface area (Å²) in [7, 11) is 2.11. The summed E-state index contributed by atoms with van der Waals surface area (Å²) in [5, 5.41) is 2.63. The summed E-state index contributed by atoms with van der Waals surface area (Å²) in [5.74, 6) is -0.0358. The second-order valence-electron chi connectivity index (χ2n) is 13.4. The fraction of sp³-hybridized carbons (Fsp3) is 0.487. The summed E-state index contributed by atoms with van der Waals surface area (Å²) in [5.41, 5.74) is 0.669. The Balaban J connectivity index is 1.32. The van der Waals surface area contributed by atoms with Crippen LogP contribution in [0.3, 0.4) is 0 Å². The van der Waals surface area contributed by atoms with Crippen LogP contribution in [0.25, 0.3) is 32.9 Å². The third kappa shape index (κ3) is 7.96. The summed E-state index contributed by atoms with van der Waals surface area (Å²) in [6, 6.07) is 11.4. The molecule has 6 rings (SSSR count). The predicted octanol–water partition coefficient (Wildman–Crippen LogP) is 6.45. The second kappa shape index (κ2) is 16.6. The van der Waals surface area contributed by atoms with E-state index in [1.165, 1.54) is 0 Å². The molecule has 10 nitrogen and oxygen atoms in total. The van der Waals surface area contributed by atoms with Crippen LogP contribution in [0, 0.1) is 5.82 Å². The number of hydrogen-bond donors (Lipinski definition) is 0. The standard InChI is InChI=1S/C39H49ClFN7O3/c1-5-16-39(6-2,45(4)7-3)27-51-38-43-36-30(26-42-35(34(36)41)29-13-8-11-28-12-9-14-31(40)33(28)29)37(44-38)48-20-18-47(19-21-48)32(49)15-10-17-46-22-24-50-25-23-46/h8-15,26H,5-7,16-25,27H2,1-4H3/b15-10+. The largest absolute Gasteiger partial charge is 0.461 e. The fourth-order valence-electron chi connectivity index (χ4n) is 7.26. The lowest BCUT2D eigenvalue weighted by Gasteiger charge is -2.40. The number of carbonyl (C=O) groups excluding carboxylic acids is 1. The monoisotopic (exact) mass is 717 g/mol. The van der Waals surface area contributed by atoms with Crippen LogP contribution in [0.4, 0.5) is 10.2 Å². The van der Waals surface area contributed by atoms with Gasteiger partial charge in [-0.05, 0) is 37.9 Å². The molecule has 2 fully saturated rings. The van der Waals surface area contributed by atoms with Gasteiger partial charge in [-0.2, -0.15) is 9.97 Å². The zero-order chi connectivity index (χ0) is 36.0. The molecule has 0 N–H and O–H groups in total. The molecule has 1 amide bonds. The third-order valence-corrected chi connectivity index (χ3v) is 10.8. The van der Waals surface area contributed by atoms with E-state index in [-0.39, 0.29) is 28.7 Å². The van der Waals surface area contributed by atoms with Crippen LogP contribution in [0.1, 0.15) is 40.0 Å². The Hall–Kier alpha value is -3.90. The molecule has 51 heavy (non-hydrogen) atoms. The summed E-state index contributed by atoms with van der Waals surface area (Å²) < 4.78 is 28.7. The van der Waals surface area contributed by atoms with E-state index in [1.807, 2.05) is 41.3 Å². The first-order valence-corrected chi connectivity index (χ1v) is 18.5. The number of nitrogens with zero attached hydrogens (tertiary/aromatic N) is 7. The first kappa shape index (κ1) is 36.9. The highest BCUT2D eigenvalue weighted by molar-refractivity contribution is 6.36. The van der Waals surface area contributed by atoms with Crippen LogP contribution in [-0.2, 0) is 9.53 Å². The molecule has 2 aromatic carbocycles. The molecular weight excluding hydrogens is 669 g/mol. The van der Waals surface area contributed by atoms with Crippen LogP contribution in [0.5, 0.6) is 6.01 Å². The molecule has 2 saturated heterocycles. The maximum Gasteiger partial charge on any atom is 0.319 e. The van der Waals surface area contributed by atoms with Gasteiger partial charge < -0.3 is 19.3 Å². The molecule has 1 unspecified atom stereocenters. The predicted molar refractivity (Wildman–Crippen MR) is 202 cm³/mol. The number of pyridine rings is 1. The van der Waals surface area contributed by atoms with Crippen molar-refractivity contribution < 1.29 is 18.7 Å². The third-order valence-electron chi connectivity index (χ3n) is 10.5. The summed E-state index contributed by atoms with van der Waals surface area (Å²) in [6.07, 6.45) is 8.06. The highest BCUT2D eigenvalue weighted by Crippen LogP contribution is 2.37. The molecule has 0 saturated carbocycles. The molecule has 0 bridgehead atoms. The Bertz CT molecular complexity index is 1860. The average Bonchev–Trinajstić information content (AvgIpc) is 3.16. The molecule has 0 spiro atoms. The van der Waals surface area contributed by atoms with Crippen molar-refractivity contribution in [3.8, 4) is 17.3 Å². The zero-order valence-electron chi connectivity index (χ0n) is 30.2. The van der Waals surface area contributed by atoms with Crippen LogP contribution >= 0.6 is 11.6 Å². The minimum absolute atomic E-state index is 0.0162. The number of piperazine rings is 1. The minimum atomic E-state index is -0.561. The van der Waals surface area contributed by atoms with Gasteiger partial charge in [0.15, 0.2) is 5.82 Å². The van der Waals surface area contributed by atoms with Crippen molar-refractivity contribution in [1.82, 2.24) is 29.7 Å². The maximum absolute atomic E-state index is 16.9. The van der Waals surface area contributed by atoms with E-state index in [1.54, 1.807) is 18.3 Å². The molecule has 4 heterocycles. The molecular formula is C39H49ClFN7O3. The van der Waals surface area contributed by atoms with E-state index in [0.29, 0.717) is 54.6 Å². The minimum Gasteiger partial charge on any atom is -0.461 e. The van der Waals surface area contributed by atoms with Crippen LogP contribution in [-0.4, -0.2) is 120 Å². The van der Waals surface area contributed by atoms with Crippen molar-refractivity contribution in [2.45, 2.75) is 45.6 Å². The molecule has 272 valence electrons. The van der Waals surface area contributed by atoms with Gasteiger partial charge in [-0.25, -0.2) is 4.39 Å². The highest BCUT2D eigenvalue weighted by atomic mass is 35.5. The lowest BCUT2D eigenvalue weighted by molar-refractivity contribution is -0.126. The Morgan fingerprint density at radius 1 is 1.06 bits per heavy atom. The summed E-state index contributed by atoms with van der Waals surface area (Å²) in [6.45, 7) is 13.7. The number of carbonyl (C=O) groups is 1. The normalized spacial score (nSPS) is 17.2. The van der Waals surface area contributed by atoms with E-state index < -0.39 is 5.82 Å². The van der Waals surface area contributed by atoms with Crippen LogP contribution < -0.4 is 9.64 Å². The number of hydrogen-bond acceptors (Lipinski definition) is 9. The van der Waals surface area contributed by atoms with Crippen molar-refractivity contribution in [3.63, 3.8) is 0 Å². The summed E-state index contributed by atoms with van der Waals surface area (Å²) in [4.78, 5) is 35.8. The number of likely N-dealkylation sites (N-methyl/N-ethyl adjacent to an activating group) is 1. The number of fused-ring (bicyclic) bond motifs is 2. The molecule has 0 aliphatic carbocycles. The number of anilines is 1. The van der Waals surface area contributed by atoms with Crippen molar-refractivity contribution in [3.05, 3.63) is 65.6 Å². The van der Waals surface area contributed by atoms with Crippen LogP contribution in [0.2, 0.25) is 5.02 Å². The number of halogens is 2. The Labute approximate surface area is 305 Å². The quantitative estimate of drug-likeness (QED) is 0.145. The molecule has 12 heteroatoms. The SMILES string of the molecule is CCCC(CC)(COc1nc(N2CCN(C(=O)/C=C/CN3CCOCC3)CC2)c2cnc(-c3cccc4cccc(Cl)c34)c(F)c2n1)N(C)CC. The molecule has 1 atom stereocenters. The van der Waals surface area contributed by atoms with Gasteiger partial charge in [0.1, 0.15) is 23.6 Å². The molecule has 0 radical (unpaired) electrons. The van der Waals surface area contributed by atoms with Gasteiger partial charge in [-0.1, -0.05) is 75.2 Å². The van der Waals surface area contributed by atoms with Gasteiger partial charge in [0, 0.05) is 74.1 Å². The van der Waals surface area contributed by atoms with Crippen LogP contribution in [0.15, 0.2) is 54.7 Å². The number of amides is 1. The van der Waals surface area contributed by atoms with Gasteiger partial charge in [-0.15, -0.1) is 0 Å². The van der Waals surface area contributed by atoms with Gasteiger partial charge in [0.2, 0.25) is 5.91 Å². The number of morpholine rings is 1. The van der Waals surface area contributed by atoms with Crippen molar-refractivity contribution in [2.75, 3.05) is 84.1 Å². The van der Waals surface area contributed by atoms with Crippen molar-refractivity contribution >= 4 is 45.0 Å². The van der Waals surface area contributed by atoms with Gasteiger partial charge in [0.25, 0.3) is 0 Å². The Morgan fingerprint density at radius 3 is 2.51 bits per heavy atom. The first-order valence-electron chi connectivity index (χ1n) is 18.2. The van der Waals surface area contributed by atoms with Gasteiger partial charge in [-0.3, -0.25) is 19.6 Å². The van der Waals surface area contributed by atoms with E-state index >= 15 is 4.39 Å². The second-order valence-corrected chi connectivity index (χ2v) is 13.8. The Morgan fingerprint density at radius 2 is 1.80 bits per heavy atom. The van der Waals surface area contributed by atoms with E-state index in [0.717, 1.165) is 69.4 Å². The van der Waals surface area contributed by atoms with E-state index in [4.69, 9.17) is 31.0 Å². The number of aromatic nitrogens is 3. The highest BCUT2D eigenvalue weighted by Gasteiger charge is 2.33. The maximum atomic E-state index is 16.9. The number of rotatable bonds is 13. The lowest BCUT2D eigenvalue weighted by Crippen LogP contribution is -2.50. The van der Waals surface area contributed by atoms with E-state index in [9.17, 15) is 4.79 Å². The first-order chi connectivity index (χ1) is 24.8. The van der Waals surface area contributed by atoms with Gasteiger partial charge in [0.05, 0.1) is 24.1 Å². The van der Waals surface area contributed by atoms with Crippen molar-refractivity contribution in [2.24, 2.45) is 0 Å². The molecule has 4 aromatic rings. The fourth-order valence-corrected chi connectivity index (χ4v) is 7.54. The smallest absolute Gasteiger partial charge is 0.319 e. The zero-order valence-corrected chi connectivity index (χ0v) is 31.0.